The molecule has 1 N–H and O–H groups in total. The first-order valence-corrected chi connectivity index (χ1v) is 12.6. The highest BCUT2D eigenvalue weighted by Gasteiger charge is 2.37. The maximum Gasteiger partial charge on any atom is 0.251 e. The average Bonchev–Trinajstić information content (AvgIpc) is 3.03. The summed E-state index contributed by atoms with van der Waals surface area (Å²) in [6.07, 6.45) is 3.19. The Morgan fingerprint density at radius 2 is 1.93 bits per heavy atom. The van der Waals surface area contributed by atoms with Crippen LogP contribution in [0.15, 0.2) is 46.9 Å². The first-order chi connectivity index (χ1) is 14.2. The van der Waals surface area contributed by atoms with Crippen LogP contribution in [-0.4, -0.2) is 39.8 Å². The lowest BCUT2D eigenvalue weighted by molar-refractivity contribution is 0.0345. The summed E-state index contributed by atoms with van der Waals surface area (Å²) < 4.78 is 32.2. The molecule has 1 unspecified atom stereocenters. The van der Waals surface area contributed by atoms with Crippen LogP contribution in [0.2, 0.25) is 0 Å². The number of hydrogen-bond acceptors (Lipinski definition) is 4. The third-order valence-corrected chi connectivity index (χ3v) is 7.69. The second-order valence-electron chi connectivity index (χ2n) is 8.11. The van der Waals surface area contributed by atoms with E-state index < -0.39 is 15.6 Å². The molecule has 1 amide bonds. The normalized spacial score (nSPS) is 20.6. The van der Waals surface area contributed by atoms with Crippen molar-refractivity contribution in [2.24, 2.45) is 0 Å². The van der Waals surface area contributed by atoms with E-state index in [1.807, 2.05) is 37.3 Å². The summed E-state index contributed by atoms with van der Waals surface area (Å²) in [5.74, 6) is -0.162. The highest BCUT2D eigenvalue weighted by molar-refractivity contribution is 9.10. The first kappa shape index (κ1) is 21.3. The van der Waals surface area contributed by atoms with Crippen LogP contribution in [-0.2, 0) is 26.7 Å². The van der Waals surface area contributed by atoms with Crippen molar-refractivity contribution in [1.82, 2.24) is 5.32 Å². The predicted molar refractivity (Wildman–Crippen MR) is 120 cm³/mol. The number of sulfonamides is 1. The number of benzene rings is 2. The minimum Gasteiger partial charge on any atom is -0.381 e. The van der Waals surface area contributed by atoms with Gasteiger partial charge < -0.3 is 10.1 Å². The topological polar surface area (TPSA) is 75.7 Å². The Labute approximate surface area is 185 Å². The molecule has 1 saturated heterocycles. The van der Waals surface area contributed by atoms with Gasteiger partial charge in [-0.25, -0.2) is 8.42 Å². The van der Waals surface area contributed by atoms with E-state index in [1.54, 1.807) is 12.1 Å². The van der Waals surface area contributed by atoms with Crippen molar-refractivity contribution in [1.29, 1.82) is 0 Å². The number of nitrogens with zero attached hydrogens (tertiary/aromatic N) is 1. The number of carbonyl (C=O) groups excluding carboxylic acids is 1. The molecule has 1 atom stereocenters. The highest BCUT2D eigenvalue weighted by Crippen LogP contribution is 2.36. The zero-order valence-electron chi connectivity index (χ0n) is 17.0. The van der Waals surface area contributed by atoms with Crippen molar-refractivity contribution in [2.45, 2.75) is 37.8 Å². The predicted octanol–water partition coefficient (Wildman–Crippen LogP) is 3.60. The number of fused-ring (bicyclic) bond motifs is 1. The Morgan fingerprint density at radius 3 is 2.60 bits per heavy atom. The Kier molecular flexibility index (Phi) is 5.67. The molecule has 6 nitrogen and oxygen atoms in total. The Balaban J connectivity index is 1.64. The van der Waals surface area contributed by atoms with Gasteiger partial charge >= 0.3 is 0 Å². The molecule has 2 aromatic rings. The SMILES string of the molecule is CC1Cc2cc(C(=O)NC3(c4cccc(Br)c4)CCOCC3)ccc2N1S(C)(=O)=O. The fourth-order valence-corrected chi connectivity index (χ4v) is 6.19. The number of halogens is 1. The zero-order valence-corrected chi connectivity index (χ0v) is 19.4. The molecule has 8 heteroatoms. The van der Waals surface area contributed by atoms with Gasteiger partial charge in [-0.15, -0.1) is 0 Å². The molecule has 30 heavy (non-hydrogen) atoms. The van der Waals surface area contributed by atoms with Gasteiger partial charge in [0.2, 0.25) is 10.0 Å². The largest absolute Gasteiger partial charge is 0.381 e. The fourth-order valence-electron chi connectivity index (χ4n) is 4.53. The van der Waals surface area contributed by atoms with Crippen LogP contribution in [0.25, 0.3) is 0 Å². The van der Waals surface area contributed by atoms with Crippen molar-refractivity contribution in [3.63, 3.8) is 0 Å². The third-order valence-electron chi connectivity index (χ3n) is 5.93. The molecule has 2 aromatic carbocycles. The van der Waals surface area contributed by atoms with Gasteiger partial charge in [0.05, 0.1) is 17.5 Å². The molecular weight excluding hydrogens is 468 g/mol. The van der Waals surface area contributed by atoms with Crippen LogP contribution in [0.3, 0.4) is 0 Å². The molecule has 0 spiro atoms. The van der Waals surface area contributed by atoms with E-state index in [4.69, 9.17) is 4.74 Å². The Bertz CT molecular complexity index is 1080. The van der Waals surface area contributed by atoms with Crippen molar-refractivity contribution in [3.8, 4) is 0 Å². The summed E-state index contributed by atoms with van der Waals surface area (Å²) in [5, 5.41) is 3.26. The smallest absolute Gasteiger partial charge is 0.251 e. The van der Waals surface area contributed by atoms with Gasteiger partial charge in [-0.3, -0.25) is 9.10 Å². The number of amides is 1. The van der Waals surface area contributed by atoms with Crippen LogP contribution in [0.5, 0.6) is 0 Å². The van der Waals surface area contributed by atoms with Gasteiger partial charge in [0.1, 0.15) is 0 Å². The standard InChI is InChI=1S/C22H25BrN2O4S/c1-15-12-17-13-16(6-7-20(17)25(15)30(2,27)28)21(26)24-22(8-10-29-11-9-22)18-4-3-5-19(23)14-18/h3-7,13-15H,8-12H2,1-2H3,(H,24,26). The Morgan fingerprint density at radius 1 is 1.20 bits per heavy atom. The second kappa shape index (κ2) is 7.98. The zero-order chi connectivity index (χ0) is 21.5. The van der Waals surface area contributed by atoms with Crippen LogP contribution in [0.1, 0.15) is 41.3 Å². The third kappa shape index (κ3) is 4.00. The highest BCUT2D eigenvalue weighted by atomic mass is 79.9. The number of hydrogen-bond donors (Lipinski definition) is 1. The van der Waals surface area contributed by atoms with Gasteiger partial charge in [0.25, 0.3) is 5.91 Å². The van der Waals surface area contributed by atoms with Gasteiger partial charge in [0.15, 0.2) is 0 Å². The van der Waals surface area contributed by atoms with E-state index in [9.17, 15) is 13.2 Å². The molecule has 4 rings (SSSR count). The molecule has 1 fully saturated rings. The lowest BCUT2D eigenvalue weighted by Gasteiger charge is -2.38. The summed E-state index contributed by atoms with van der Waals surface area (Å²) in [6, 6.07) is 13.1. The van der Waals surface area contributed by atoms with Gasteiger partial charge in [-0.2, -0.15) is 0 Å². The maximum atomic E-state index is 13.2. The number of anilines is 1. The van der Waals surface area contributed by atoms with E-state index in [0.717, 1.165) is 15.6 Å². The lowest BCUT2D eigenvalue weighted by atomic mass is 9.82. The van der Waals surface area contributed by atoms with Crippen LogP contribution >= 0.6 is 15.9 Å². The van der Waals surface area contributed by atoms with Crippen LogP contribution < -0.4 is 9.62 Å². The van der Waals surface area contributed by atoms with E-state index >= 15 is 0 Å². The quantitative estimate of drug-likeness (QED) is 0.707. The molecule has 0 saturated carbocycles. The van der Waals surface area contributed by atoms with Crippen molar-refractivity contribution in [2.75, 3.05) is 23.8 Å². The van der Waals surface area contributed by atoms with E-state index in [1.165, 1.54) is 10.6 Å². The molecular formula is C22H25BrN2O4S. The molecule has 0 radical (unpaired) electrons. The summed E-state index contributed by atoms with van der Waals surface area (Å²) in [6.45, 7) is 3.04. The number of rotatable bonds is 4. The van der Waals surface area contributed by atoms with Gasteiger partial charge in [-0.05, 0) is 67.6 Å². The summed E-state index contributed by atoms with van der Waals surface area (Å²) >= 11 is 3.53. The van der Waals surface area contributed by atoms with Crippen LogP contribution in [0.4, 0.5) is 5.69 Å². The lowest BCUT2D eigenvalue weighted by Crippen LogP contribution is -2.49. The van der Waals surface area contributed by atoms with E-state index in [-0.39, 0.29) is 11.9 Å². The van der Waals surface area contributed by atoms with Gasteiger partial charge in [-0.1, -0.05) is 28.1 Å². The summed E-state index contributed by atoms with van der Waals surface area (Å²) in [7, 11) is -3.36. The van der Waals surface area contributed by atoms with Crippen LogP contribution in [0, 0.1) is 0 Å². The molecule has 2 aliphatic rings. The second-order valence-corrected chi connectivity index (χ2v) is 10.9. The molecule has 0 bridgehead atoms. The van der Waals surface area contributed by atoms with E-state index in [0.29, 0.717) is 43.7 Å². The van der Waals surface area contributed by atoms with E-state index in [2.05, 4.69) is 21.2 Å². The molecule has 2 heterocycles. The Hall–Kier alpha value is -1.90. The van der Waals surface area contributed by atoms with Crippen molar-refractivity contribution in [3.05, 3.63) is 63.6 Å². The fraction of sp³-hybridized carbons (Fsp3) is 0.409. The molecule has 2 aliphatic heterocycles. The number of ether oxygens (including phenoxy) is 1. The molecule has 160 valence electrons. The minimum absolute atomic E-state index is 0.156. The van der Waals surface area contributed by atoms with Gasteiger partial charge in [0, 0.05) is 29.3 Å². The molecule has 0 aliphatic carbocycles. The summed E-state index contributed by atoms with van der Waals surface area (Å²) in [5.41, 5.74) is 2.63. The number of nitrogens with one attached hydrogen (secondary N) is 1. The maximum absolute atomic E-state index is 13.2. The van der Waals surface area contributed by atoms with Crippen molar-refractivity contribution < 1.29 is 17.9 Å². The first-order valence-electron chi connectivity index (χ1n) is 9.98. The minimum atomic E-state index is -3.36. The number of carbonyl (C=O) groups is 1. The average molecular weight is 493 g/mol. The summed E-state index contributed by atoms with van der Waals surface area (Å²) in [4.78, 5) is 13.2. The molecule has 0 aromatic heterocycles. The van der Waals surface area contributed by atoms with Crippen molar-refractivity contribution >= 4 is 37.5 Å². The monoisotopic (exact) mass is 492 g/mol.